The number of ether oxygens (including phenoxy) is 2. The summed E-state index contributed by atoms with van der Waals surface area (Å²) in [5.74, 6) is -1.12. The van der Waals surface area contributed by atoms with E-state index in [1.54, 1.807) is 16.7 Å². The van der Waals surface area contributed by atoms with Gasteiger partial charge in [-0.05, 0) is 12.1 Å². The van der Waals surface area contributed by atoms with E-state index >= 15 is 0 Å². The zero-order chi connectivity index (χ0) is 17.9. The molecule has 0 aliphatic carbocycles. The summed E-state index contributed by atoms with van der Waals surface area (Å²) in [6.07, 6.45) is 2.90. The number of methoxy groups -OCH3 is 1. The Hall–Kier alpha value is -1.99. The maximum absolute atomic E-state index is 14.3. The van der Waals surface area contributed by atoms with Crippen molar-refractivity contribution in [1.29, 1.82) is 0 Å². The van der Waals surface area contributed by atoms with Crippen molar-refractivity contribution in [1.82, 2.24) is 9.55 Å². The van der Waals surface area contributed by atoms with Gasteiger partial charge in [-0.2, -0.15) is 0 Å². The molecule has 0 atom stereocenters. The molecule has 0 saturated heterocycles. The molecule has 5 nitrogen and oxygen atoms in total. The third-order valence-electron chi connectivity index (χ3n) is 3.65. The van der Waals surface area contributed by atoms with Crippen molar-refractivity contribution in [3.05, 3.63) is 35.9 Å². The number of esters is 1. The molecule has 0 saturated carbocycles. The largest absolute Gasteiger partial charge is 0.464 e. The molecule has 0 radical (unpaired) electrons. The maximum atomic E-state index is 14.3. The summed E-state index contributed by atoms with van der Waals surface area (Å²) < 4.78 is 26.3. The lowest BCUT2D eigenvalue weighted by molar-refractivity contribution is 0.0594. The Balaban J connectivity index is 2.32. The highest BCUT2D eigenvalue weighted by molar-refractivity contribution is 6.76. The zero-order valence-electron chi connectivity index (χ0n) is 14.6. The number of rotatable bonds is 7. The first-order chi connectivity index (χ1) is 11.3. The van der Waals surface area contributed by atoms with Gasteiger partial charge in [0.1, 0.15) is 17.9 Å². The van der Waals surface area contributed by atoms with Gasteiger partial charge in [0.05, 0.1) is 12.6 Å². The molecule has 7 heteroatoms. The van der Waals surface area contributed by atoms with Crippen LogP contribution in [0.5, 0.6) is 0 Å². The lowest BCUT2D eigenvalue weighted by atomic mass is 10.2. The number of nitrogens with zero attached hydrogens (tertiary/aromatic N) is 2. The average molecular weight is 350 g/mol. The van der Waals surface area contributed by atoms with Gasteiger partial charge >= 0.3 is 5.97 Å². The van der Waals surface area contributed by atoms with Crippen molar-refractivity contribution in [3.8, 4) is 0 Å². The minimum absolute atomic E-state index is 0.0520. The van der Waals surface area contributed by atoms with Crippen LogP contribution >= 0.6 is 0 Å². The van der Waals surface area contributed by atoms with Gasteiger partial charge in [0, 0.05) is 26.4 Å². The summed E-state index contributed by atoms with van der Waals surface area (Å²) in [5, 5.41) is 0. The molecule has 0 spiro atoms. The first kappa shape index (κ1) is 18.3. The maximum Gasteiger partial charge on any atom is 0.356 e. The van der Waals surface area contributed by atoms with Crippen LogP contribution in [0.2, 0.25) is 25.7 Å². The van der Waals surface area contributed by atoms with Crippen molar-refractivity contribution >= 4 is 31.2 Å². The predicted octanol–water partition coefficient (Wildman–Crippen LogP) is 3.92. The van der Waals surface area contributed by atoms with Crippen molar-refractivity contribution in [2.75, 3.05) is 13.7 Å². The van der Waals surface area contributed by atoms with Crippen molar-refractivity contribution < 1.29 is 18.7 Å². The molecule has 2 rings (SSSR count). The van der Waals surface area contributed by atoms with Crippen LogP contribution < -0.4 is 0 Å². The molecule has 0 bridgehead atoms. The number of hydrogen-bond donors (Lipinski definition) is 0. The SMILES string of the molecule is C=Cc1cc(C(=O)OC)nc2c(F)cn(COCC[Si](C)(C)C)c12. The first-order valence-electron chi connectivity index (χ1n) is 7.74. The van der Waals surface area contributed by atoms with E-state index in [1.807, 2.05) is 0 Å². The average Bonchev–Trinajstić information content (AvgIpc) is 2.85. The van der Waals surface area contributed by atoms with Crippen molar-refractivity contribution in [3.63, 3.8) is 0 Å². The normalized spacial score (nSPS) is 11.7. The van der Waals surface area contributed by atoms with E-state index in [0.717, 1.165) is 6.04 Å². The molecular weight excluding hydrogens is 327 g/mol. The quantitative estimate of drug-likeness (QED) is 0.431. The van der Waals surface area contributed by atoms with Gasteiger partial charge in [0.2, 0.25) is 0 Å². The number of carbonyl (C=O) groups excluding carboxylic acids is 1. The van der Waals surface area contributed by atoms with E-state index in [2.05, 4.69) is 35.9 Å². The molecule has 130 valence electrons. The number of hydrogen-bond acceptors (Lipinski definition) is 4. The highest BCUT2D eigenvalue weighted by Crippen LogP contribution is 2.24. The van der Waals surface area contributed by atoms with Crippen LogP contribution in [0.4, 0.5) is 4.39 Å². The van der Waals surface area contributed by atoms with E-state index in [0.29, 0.717) is 17.7 Å². The number of pyridine rings is 1. The Bertz CT molecular complexity index is 765. The van der Waals surface area contributed by atoms with Gasteiger partial charge < -0.3 is 14.0 Å². The molecule has 0 unspecified atom stereocenters. The van der Waals surface area contributed by atoms with E-state index in [9.17, 15) is 9.18 Å². The summed E-state index contributed by atoms with van der Waals surface area (Å²) in [6.45, 7) is 11.4. The summed E-state index contributed by atoms with van der Waals surface area (Å²) in [4.78, 5) is 15.8. The van der Waals surface area contributed by atoms with Gasteiger partial charge in [0.15, 0.2) is 5.82 Å². The second-order valence-corrected chi connectivity index (χ2v) is 12.4. The Labute approximate surface area is 142 Å². The van der Waals surface area contributed by atoms with Crippen LogP contribution in [0.1, 0.15) is 16.1 Å². The third-order valence-corrected chi connectivity index (χ3v) is 5.35. The molecule has 2 heterocycles. The fourth-order valence-corrected chi connectivity index (χ4v) is 3.05. The highest BCUT2D eigenvalue weighted by atomic mass is 28.3. The zero-order valence-corrected chi connectivity index (χ0v) is 15.6. The van der Waals surface area contributed by atoms with Crippen molar-refractivity contribution in [2.45, 2.75) is 32.4 Å². The summed E-state index contributed by atoms with van der Waals surface area (Å²) >= 11 is 0. The number of carbonyl (C=O) groups is 1. The Morgan fingerprint density at radius 2 is 2.17 bits per heavy atom. The Kier molecular flexibility index (Phi) is 5.56. The van der Waals surface area contributed by atoms with Crippen LogP contribution in [0.3, 0.4) is 0 Å². The smallest absolute Gasteiger partial charge is 0.356 e. The van der Waals surface area contributed by atoms with Gasteiger partial charge in [-0.15, -0.1) is 0 Å². The first-order valence-corrected chi connectivity index (χ1v) is 11.5. The number of halogens is 1. The molecule has 0 aromatic carbocycles. The van der Waals surface area contributed by atoms with Gasteiger partial charge in [-0.25, -0.2) is 14.2 Å². The fraction of sp³-hybridized carbons (Fsp3) is 0.412. The van der Waals surface area contributed by atoms with E-state index in [1.165, 1.54) is 13.3 Å². The van der Waals surface area contributed by atoms with Crippen LogP contribution in [-0.4, -0.2) is 37.3 Å². The summed E-state index contributed by atoms with van der Waals surface area (Å²) in [7, 11) is 0.0854. The van der Waals surface area contributed by atoms with Gasteiger partial charge in [0.25, 0.3) is 0 Å². The molecule has 2 aromatic heterocycles. The lowest BCUT2D eigenvalue weighted by Crippen LogP contribution is -2.22. The molecule has 0 fully saturated rings. The molecule has 0 amide bonds. The molecule has 2 aromatic rings. The van der Waals surface area contributed by atoms with E-state index in [4.69, 9.17) is 4.74 Å². The Morgan fingerprint density at radius 3 is 2.75 bits per heavy atom. The van der Waals surface area contributed by atoms with Crippen LogP contribution in [0.25, 0.3) is 17.1 Å². The van der Waals surface area contributed by atoms with E-state index in [-0.39, 0.29) is 17.9 Å². The van der Waals surface area contributed by atoms with Gasteiger partial charge in [-0.3, -0.25) is 0 Å². The standard InChI is InChI=1S/C17H23FN2O3Si/c1-6-12-9-14(17(21)22-2)19-15-13(18)10-20(16(12)15)11-23-7-8-24(3,4)5/h6,9-10H,1,7-8,11H2,2-5H3. The minimum Gasteiger partial charge on any atom is -0.464 e. The highest BCUT2D eigenvalue weighted by Gasteiger charge is 2.18. The monoisotopic (exact) mass is 350 g/mol. The Morgan fingerprint density at radius 1 is 1.46 bits per heavy atom. The van der Waals surface area contributed by atoms with Crippen LogP contribution in [0, 0.1) is 5.82 Å². The molecule has 0 aliphatic rings. The molecule has 0 aliphatic heterocycles. The molecule has 0 N–H and O–H groups in total. The van der Waals surface area contributed by atoms with Crippen molar-refractivity contribution in [2.24, 2.45) is 0 Å². The van der Waals surface area contributed by atoms with Gasteiger partial charge in [-0.1, -0.05) is 32.3 Å². The lowest BCUT2D eigenvalue weighted by Gasteiger charge is -2.16. The number of aromatic nitrogens is 2. The second-order valence-electron chi connectivity index (χ2n) is 6.78. The van der Waals surface area contributed by atoms with Crippen LogP contribution in [0.15, 0.2) is 18.8 Å². The van der Waals surface area contributed by atoms with E-state index < -0.39 is 19.9 Å². The second kappa shape index (κ2) is 7.27. The third kappa shape index (κ3) is 4.10. The minimum atomic E-state index is -1.17. The molecule has 24 heavy (non-hydrogen) atoms. The molecular formula is C17H23FN2O3Si. The van der Waals surface area contributed by atoms with Crippen LogP contribution in [-0.2, 0) is 16.2 Å². The summed E-state index contributed by atoms with van der Waals surface area (Å²) in [6, 6.07) is 2.58. The fourth-order valence-electron chi connectivity index (χ4n) is 2.30. The topological polar surface area (TPSA) is 53.3 Å². The predicted molar refractivity (Wildman–Crippen MR) is 95.2 cm³/mol. The number of fused-ring (bicyclic) bond motifs is 1. The summed E-state index contributed by atoms with van der Waals surface area (Å²) in [5.41, 5.74) is 1.33.